The van der Waals surface area contributed by atoms with Crippen molar-refractivity contribution in [1.82, 2.24) is 4.57 Å². The van der Waals surface area contributed by atoms with E-state index in [-0.39, 0.29) is 11.1 Å². The minimum atomic E-state index is -0.733. The van der Waals surface area contributed by atoms with Crippen LogP contribution < -0.4 is 15.4 Å². The van der Waals surface area contributed by atoms with E-state index in [1.165, 1.54) is 62.5 Å². The van der Waals surface area contributed by atoms with E-state index in [1.807, 2.05) is 6.07 Å². The molecule has 71 heavy (non-hydrogen) atoms. The molecule has 0 fully saturated rings. The molecule has 0 radical (unpaired) electrons. The predicted octanol–water partition coefficient (Wildman–Crippen LogP) is 15.2. The van der Waals surface area contributed by atoms with Crippen molar-refractivity contribution in [3.8, 4) is 10.4 Å². The average molecular weight is 956 g/mol. The summed E-state index contributed by atoms with van der Waals surface area (Å²) in [4.78, 5) is 32.0. The molecule has 10 rings (SSSR count). The van der Waals surface area contributed by atoms with Crippen molar-refractivity contribution in [1.29, 1.82) is 0 Å². The van der Waals surface area contributed by atoms with Crippen LogP contribution in [-0.2, 0) is 16.1 Å². The molecule has 7 heteroatoms. The Morgan fingerprint density at radius 3 is 1.90 bits per heavy atom. The van der Waals surface area contributed by atoms with E-state index in [0.29, 0.717) is 0 Å². The Bertz CT molecular complexity index is 3390. The molecular formula is C64H65N3O3S. The summed E-state index contributed by atoms with van der Waals surface area (Å²) in [6.07, 6.45) is 18.6. The number of hydrogen-bond donors (Lipinski definition) is 0. The first-order chi connectivity index (χ1) is 34.7. The molecule has 1 aliphatic heterocycles. The van der Waals surface area contributed by atoms with E-state index >= 15 is 0 Å². The number of Topliss-reactive ketones (excluding diaryl/α,β-unsaturated/α-hetero) is 2. The number of nitrogens with zero attached hydrogens (tertiary/aromatic N) is 3. The number of thiophene rings is 1. The molecule has 0 bridgehead atoms. The lowest BCUT2D eigenvalue weighted by Crippen LogP contribution is -2.19. The summed E-state index contributed by atoms with van der Waals surface area (Å²) < 4.78 is 4.57. The number of aromatic nitrogens is 1. The van der Waals surface area contributed by atoms with Crippen molar-refractivity contribution >= 4 is 89.2 Å². The number of carbonyl (C=O) groups is 2. The predicted molar refractivity (Wildman–Crippen MR) is 296 cm³/mol. The Morgan fingerprint density at radius 1 is 0.592 bits per heavy atom. The van der Waals surface area contributed by atoms with Crippen molar-refractivity contribution in [2.24, 2.45) is 0 Å². The van der Waals surface area contributed by atoms with Crippen LogP contribution in [0.25, 0.3) is 49.0 Å². The van der Waals surface area contributed by atoms with Gasteiger partial charge in [-0.1, -0.05) is 162 Å². The number of rotatable bonds is 21. The summed E-state index contributed by atoms with van der Waals surface area (Å²) in [6.45, 7) is 10.2. The standard InChI is InChI=1S/C64H65N3O3S/c1-5-7-9-11-13-15-17-39-65-54-26-19-22-45-21-18-24-50(60(45)54)56(65)41-52-62(68)53(64(70)63(52)69)42-57-51-25-20-23-49-48(35-36-55(61(49)51)66(57)40-16-14-12-10-8-6-2)58-37-38-59(71-58)67(46-31-27-43(3)28-32-46)47-33-29-44(4)30-34-47/h18-38,41-42H,5-17,39-40H2,1-4H3. The zero-order valence-corrected chi connectivity index (χ0v) is 42.7. The fraction of sp³-hybridized carbons (Fsp3) is 0.297. The summed E-state index contributed by atoms with van der Waals surface area (Å²) in [5.74, 6) is -1.96. The van der Waals surface area contributed by atoms with Gasteiger partial charge in [-0.05, 0) is 98.1 Å². The molecule has 0 spiro atoms. The van der Waals surface area contributed by atoms with Crippen LogP contribution in [0.4, 0.5) is 22.1 Å². The Labute approximate surface area is 423 Å². The average Bonchev–Trinajstić information content (AvgIpc) is 4.12. The maximum Gasteiger partial charge on any atom is 0.233 e. The van der Waals surface area contributed by atoms with Gasteiger partial charge >= 0.3 is 0 Å². The third-order valence-corrected chi connectivity index (χ3v) is 15.8. The van der Waals surface area contributed by atoms with E-state index in [4.69, 9.17) is 0 Å². The number of carbonyl (C=O) groups excluding carboxylic acids is 2. The second-order valence-electron chi connectivity index (χ2n) is 19.8. The minimum absolute atomic E-state index is 0.0523. The minimum Gasteiger partial charge on any atom is -0.871 e. The van der Waals surface area contributed by atoms with Gasteiger partial charge in [-0.3, -0.25) is 9.59 Å². The number of benzene rings is 6. The van der Waals surface area contributed by atoms with Gasteiger partial charge in [0.2, 0.25) is 23.0 Å². The molecule has 0 N–H and O–H groups in total. The van der Waals surface area contributed by atoms with Gasteiger partial charge in [0.1, 0.15) is 11.5 Å². The summed E-state index contributed by atoms with van der Waals surface area (Å²) in [5.41, 5.74) is 9.56. The largest absolute Gasteiger partial charge is 0.871 e. The molecule has 2 aliphatic rings. The first-order valence-corrected chi connectivity index (χ1v) is 27.0. The fourth-order valence-corrected chi connectivity index (χ4v) is 12.0. The summed E-state index contributed by atoms with van der Waals surface area (Å²) in [5, 5.41) is 22.1. The molecule has 3 heterocycles. The van der Waals surface area contributed by atoms with Gasteiger partial charge in [0.05, 0.1) is 10.9 Å². The van der Waals surface area contributed by atoms with Gasteiger partial charge < -0.3 is 14.6 Å². The van der Waals surface area contributed by atoms with Gasteiger partial charge in [-0.15, -0.1) is 11.3 Å². The fourth-order valence-electron chi connectivity index (χ4n) is 10.9. The molecule has 6 aromatic carbocycles. The van der Waals surface area contributed by atoms with Crippen molar-refractivity contribution in [2.75, 3.05) is 11.4 Å². The number of aryl methyl sites for hydroxylation is 3. The third kappa shape index (κ3) is 9.45. The Balaban J connectivity index is 1.05. The summed E-state index contributed by atoms with van der Waals surface area (Å²) in [7, 11) is 0. The molecule has 0 saturated heterocycles. The highest BCUT2D eigenvalue weighted by molar-refractivity contribution is 7.19. The van der Waals surface area contributed by atoms with Gasteiger partial charge in [0, 0.05) is 79.7 Å². The summed E-state index contributed by atoms with van der Waals surface area (Å²) in [6, 6.07) is 45.2. The number of ketones is 2. The normalized spacial score (nSPS) is 14.6. The highest BCUT2D eigenvalue weighted by Gasteiger charge is 2.36. The second kappa shape index (κ2) is 21.3. The quantitative estimate of drug-likeness (QED) is 0.0311. The highest BCUT2D eigenvalue weighted by Crippen LogP contribution is 2.46. The van der Waals surface area contributed by atoms with Crippen LogP contribution in [0.2, 0.25) is 0 Å². The molecule has 6 nitrogen and oxygen atoms in total. The smallest absolute Gasteiger partial charge is 0.233 e. The van der Waals surface area contributed by atoms with Crippen LogP contribution >= 0.6 is 11.3 Å². The molecule has 0 unspecified atom stereocenters. The van der Waals surface area contributed by atoms with Crippen molar-refractivity contribution in [2.45, 2.75) is 118 Å². The lowest BCUT2D eigenvalue weighted by Gasteiger charge is -2.24. The van der Waals surface area contributed by atoms with Crippen LogP contribution in [0.1, 0.15) is 114 Å². The molecule has 2 aromatic heterocycles. The molecular weight excluding hydrogens is 891 g/mol. The van der Waals surface area contributed by atoms with Gasteiger partial charge in [0.15, 0.2) is 0 Å². The SMILES string of the molecule is CCCCCCCCCn1/c(=C/C2=C([O-])C(=C/C3=[N+](CCCCCCCC)c4ccc(-c5ccc(N(c6ccc(C)cc6)c6ccc(C)cc6)s5)c5cccc3c45)/C(=O)C2=O)c2cccc3cccc1c32. The topological polar surface area (TPSA) is 68.4 Å². The maximum atomic E-state index is 14.8. The zero-order valence-electron chi connectivity index (χ0n) is 41.9. The van der Waals surface area contributed by atoms with E-state index < -0.39 is 17.3 Å². The zero-order chi connectivity index (χ0) is 49.0. The Hall–Kier alpha value is -6.83. The van der Waals surface area contributed by atoms with E-state index in [9.17, 15) is 14.7 Å². The molecule has 0 amide bonds. The number of hydrogen-bond acceptors (Lipinski definition) is 5. The molecule has 1 aliphatic carbocycles. The number of anilines is 3. The monoisotopic (exact) mass is 955 g/mol. The highest BCUT2D eigenvalue weighted by atomic mass is 32.1. The maximum absolute atomic E-state index is 14.8. The van der Waals surface area contributed by atoms with Crippen LogP contribution in [-0.4, -0.2) is 33.0 Å². The van der Waals surface area contributed by atoms with Crippen LogP contribution in [0.15, 0.2) is 150 Å². The van der Waals surface area contributed by atoms with Crippen molar-refractivity contribution in [3.05, 3.63) is 172 Å². The third-order valence-electron chi connectivity index (χ3n) is 14.7. The second-order valence-corrected chi connectivity index (χ2v) is 20.8. The first-order valence-electron chi connectivity index (χ1n) is 26.2. The van der Waals surface area contributed by atoms with Gasteiger partial charge in [0.25, 0.3) is 0 Å². The van der Waals surface area contributed by atoms with E-state index in [0.717, 1.165) is 127 Å². The number of unbranched alkanes of at least 4 members (excludes halogenated alkanes) is 11. The van der Waals surface area contributed by atoms with Crippen LogP contribution in [0, 0.1) is 13.8 Å². The van der Waals surface area contributed by atoms with Gasteiger partial charge in [-0.25, -0.2) is 0 Å². The number of allylic oxidation sites excluding steroid dienone is 3. The molecule has 0 saturated carbocycles. The van der Waals surface area contributed by atoms with Crippen LogP contribution in [0.3, 0.4) is 0 Å². The van der Waals surface area contributed by atoms with Crippen molar-refractivity contribution in [3.63, 3.8) is 0 Å². The lowest BCUT2D eigenvalue weighted by atomic mass is 9.97. The van der Waals surface area contributed by atoms with Crippen LogP contribution in [0.5, 0.6) is 0 Å². The first kappa shape index (κ1) is 47.8. The molecule has 8 aromatic rings. The van der Waals surface area contributed by atoms with Crippen molar-refractivity contribution < 1.29 is 19.3 Å². The molecule has 0 atom stereocenters. The van der Waals surface area contributed by atoms with E-state index in [2.05, 4.69) is 163 Å². The van der Waals surface area contributed by atoms with E-state index in [1.54, 1.807) is 23.5 Å². The Kier molecular flexibility index (Phi) is 14.3. The Morgan fingerprint density at radius 2 is 1.21 bits per heavy atom. The van der Waals surface area contributed by atoms with Gasteiger partial charge in [-0.2, -0.15) is 4.58 Å². The summed E-state index contributed by atoms with van der Waals surface area (Å²) >= 11 is 1.76. The lowest BCUT2D eigenvalue weighted by molar-refractivity contribution is -0.436. The molecule has 360 valence electrons.